The lowest BCUT2D eigenvalue weighted by Crippen LogP contribution is -2.01. The molecule has 0 saturated carbocycles. The van der Waals surface area contributed by atoms with E-state index in [0.717, 1.165) is 11.4 Å². The predicted molar refractivity (Wildman–Crippen MR) is 65.6 cm³/mol. The van der Waals surface area contributed by atoms with Gasteiger partial charge in [-0.05, 0) is 25.8 Å². The van der Waals surface area contributed by atoms with E-state index < -0.39 is 0 Å². The van der Waals surface area contributed by atoms with Crippen LogP contribution in [0, 0.1) is 6.92 Å². The van der Waals surface area contributed by atoms with Gasteiger partial charge in [0.25, 0.3) is 0 Å². The third kappa shape index (κ3) is 3.90. The van der Waals surface area contributed by atoms with Gasteiger partial charge in [-0.25, -0.2) is 0 Å². The number of ether oxygens (including phenoxy) is 1. The molecule has 15 heavy (non-hydrogen) atoms. The maximum atomic E-state index is 5.57. The smallest absolute Gasteiger partial charge is 0.143 e. The van der Waals surface area contributed by atoms with E-state index in [4.69, 9.17) is 4.74 Å². The van der Waals surface area contributed by atoms with E-state index >= 15 is 0 Å². The zero-order valence-corrected chi connectivity index (χ0v) is 10.8. The highest BCUT2D eigenvalue weighted by molar-refractivity contribution is 5.38. The van der Waals surface area contributed by atoms with Gasteiger partial charge in [0.1, 0.15) is 5.75 Å². The Kier molecular flexibility index (Phi) is 6.76. The number of nitrogens with zero attached hydrogens (tertiary/aromatic N) is 1. The van der Waals surface area contributed by atoms with Gasteiger partial charge in [-0.15, -0.1) is 0 Å². The van der Waals surface area contributed by atoms with Crippen molar-refractivity contribution in [3.63, 3.8) is 0 Å². The summed E-state index contributed by atoms with van der Waals surface area (Å²) in [7, 11) is 0. The summed E-state index contributed by atoms with van der Waals surface area (Å²) >= 11 is 0. The molecule has 0 aliphatic carbocycles. The first-order valence-corrected chi connectivity index (χ1v) is 5.75. The van der Waals surface area contributed by atoms with Gasteiger partial charge in [-0.3, -0.25) is 4.98 Å². The predicted octanol–water partition coefficient (Wildman–Crippen LogP) is 3.94. The summed E-state index contributed by atoms with van der Waals surface area (Å²) in [4.78, 5) is 4.22. The van der Waals surface area contributed by atoms with Crippen molar-refractivity contribution >= 4 is 0 Å². The van der Waals surface area contributed by atoms with E-state index in [1.807, 2.05) is 40.0 Å². The second kappa shape index (κ2) is 7.27. The van der Waals surface area contributed by atoms with E-state index in [1.165, 1.54) is 5.56 Å². The lowest BCUT2D eigenvalue weighted by Gasteiger charge is -2.14. The highest BCUT2D eigenvalue weighted by atomic mass is 16.5. The van der Waals surface area contributed by atoms with Gasteiger partial charge in [0, 0.05) is 11.8 Å². The minimum absolute atomic E-state index is 0.489. The van der Waals surface area contributed by atoms with Gasteiger partial charge < -0.3 is 4.74 Å². The molecule has 1 aromatic heterocycles. The number of pyridine rings is 1. The van der Waals surface area contributed by atoms with Crippen molar-refractivity contribution < 1.29 is 4.74 Å². The molecular weight excluding hydrogens is 186 g/mol. The summed E-state index contributed by atoms with van der Waals surface area (Å²) in [5, 5.41) is 0. The fourth-order valence-corrected chi connectivity index (χ4v) is 1.36. The highest BCUT2D eigenvalue weighted by Crippen LogP contribution is 2.27. The summed E-state index contributed by atoms with van der Waals surface area (Å²) in [5.74, 6) is 1.45. The molecule has 0 spiro atoms. The van der Waals surface area contributed by atoms with Crippen LogP contribution in [-0.2, 0) is 0 Å². The van der Waals surface area contributed by atoms with Crippen LogP contribution in [0.2, 0.25) is 0 Å². The van der Waals surface area contributed by atoms with Gasteiger partial charge in [-0.1, -0.05) is 27.7 Å². The van der Waals surface area contributed by atoms with Crippen molar-refractivity contribution in [1.29, 1.82) is 0 Å². The summed E-state index contributed by atoms with van der Waals surface area (Å²) in [6.07, 6.45) is 1.84. The average Bonchev–Trinajstić information content (AvgIpc) is 2.24. The van der Waals surface area contributed by atoms with Crippen LogP contribution in [0.4, 0.5) is 0 Å². The fourth-order valence-electron chi connectivity index (χ4n) is 1.36. The van der Waals surface area contributed by atoms with E-state index in [9.17, 15) is 0 Å². The zero-order valence-electron chi connectivity index (χ0n) is 10.8. The lowest BCUT2D eigenvalue weighted by molar-refractivity contribution is 0.331. The standard InChI is InChI=1S/C11H17NO.C2H6/c1-5-13-11-9(4)12-7-6-10(11)8(2)3;1-2/h6-8H,5H2,1-4H3;1-2H3. The molecule has 0 atom stereocenters. The van der Waals surface area contributed by atoms with Crippen LogP contribution >= 0.6 is 0 Å². The Morgan fingerprint density at radius 1 is 1.33 bits per heavy atom. The number of aryl methyl sites for hydroxylation is 1. The first kappa shape index (κ1) is 13.9. The number of hydrogen-bond acceptors (Lipinski definition) is 2. The minimum atomic E-state index is 0.489. The Labute approximate surface area is 93.7 Å². The molecule has 1 aromatic rings. The molecule has 86 valence electrons. The first-order valence-electron chi connectivity index (χ1n) is 5.75. The lowest BCUT2D eigenvalue weighted by atomic mass is 10.0. The maximum absolute atomic E-state index is 5.57. The Bertz CT molecular complexity index is 282. The normalized spacial score (nSPS) is 9.53. The molecule has 0 N–H and O–H groups in total. The Morgan fingerprint density at radius 2 is 1.93 bits per heavy atom. The number of hydrogen-bond donors (Lipinski definition) is 0. The summed E-state index contributed by atoms with van der Waals surface area (Å²) < 4.78 is 5.57. The van der Waals surface area contributed by atoms with Crippen LogP contribution in [-0.4, -0.2) is 11.6 Å². The third-order valence-electron chi connectivity index (χ3n) is 2.02. The average molecular weight is 209 g/mol. The topological polar surface area (TPSA) is 22.1 Å². The summed E-state index contributed by atoms with van der Waals surface area (Å²) in [6.45, 7) is 13.0. The van der Waals surface area contributed by atoms with Crippen LogP contribution < -0.4 is 4.74 Å². The van der Waals surface area contributed by atoms with Crippen LogP contribution in [0.15, 0.2) is 12.3 Å². The minimum Gasteiger partial charge on any atom is -0.492 e. The second-order valence-corrected chi connectivity index (χ2v) is 3.40. The van der Waals surface area contributed by atoms with E-state index in [1.54, 1.807) is 0 Å². The molecule has 2 heteroatoms. The molecule has 0 saturated heterocycles. The number of rotatable bonds is 3. The molecule has 0 aliphatic heterocycles. The van der Waals surface area contributed by atoms with Gasteiger partial charge >= 0.3 is 0 Å². The Morgan fingerprint density at radius 3 is 2.40 bits per heavy atom. The van der Waals surface area contributed by atoms with Crippen molar-refractivity contribution in [3.8, 4) is 5.75 Å². The maximum Gasteiger partial charge on any atom is 0.143 e. The summed E-state index contributed by atoms with van der Waals surface area (Å²) in [5.41, 5.74) is 2.22. The molecule has 0 unspecified atom stereocenters. The SMILES string of the molecule is CC.CCOc1c(C(C)C)ccnc1C. The van der Waals surface area contributed by atoms with Crippen molar-refractivity contribution in [2.24, 2.45) is 0 Å². The number of aromatic nitrogens is 1. The van der Waals surface area contributed by atoms with Crippen molar-refractivity contribution in [2.45, 2.75) is 47.5 Å². The van der Waals surface area contributed by atoms with Gasteiger partial charge in [0.2, 0.25) is 0 Å². The van der Waals surface area contributed by atoms with Crippen molar-refractivity contribution in [2.75, 3.05) is 6.61 Å². The molecule has 0 aromatic carbocycles. The van der Waals surface area contributed by atoms with Crippen molar-refractivity contribution in [1.82, 2.24) is 4.98 Å². The monoisotopic (exact) mass is 209 g/mol. The largest absolute Gasteiger partial charge is 0.492 e. The molecule has 1 rings (SSSR count). The molecule has 0 bridgehead atoms. The van der Waals surface area contributed by atoms with Crippen LogP contribution in [0.5, 0.6) is 5.75 Å². The van der Waals surface area contributed by atoms with Gasteiger partial charge in [0.05, 0.1) is 12.3 Å². The third-order valence-corrected chi connectivity index (χ3v) is 2.02. The van der Waals surface area contributed by atoms with Crippen LogP contribution in [0.1, 0.15) is 51.8 Å². The molecule has 1 heterocycles. The zero-order chi connectivity index (χ0) is 11.8. The van der Waals surface area contributed by atoms with Crippen molar-refractivity contribution in [3.05, 3.63) is 23.5 Å². The molecular formula is C13H23NO. The van der Waals surface area contributed by atoms with Crippen LogP contribution in [0.3, 0.4) is 0 Å². The first-order chi connectivity index (χ1) is 7.16. The molecule has 0 fully saturated rings. The Hall–Kier alpha value is -1.05. The fraction of sp³-hybridized carbons (Fsp3) is 0.615. The van der Waals surface area contributed by atoms with Gasteiger partial charge in [-0.2, -0.15) is 0 Å². The molecule has 0 radical (unpaired) electrons. The quantitative estimate of drug-likeness (QED) is 0.752. The van der Waals surface area contributed by atoms with E-state index in [2.05, 4.69) is 18.8 Å². The molecule has 2 nitrogen and oxygen atoms in total. The molecule has 0 amide bonds. The van der Waals surface area contributed by atoms with E-state index in [0.29, 0.717) is 12.5 Å². The second-order valence-electron chi connectivity index (χ2n) is 3.40. The van der Waals surface area contributed by atoms with E-state index in [-0.39, 0.29) is 0 Å². The Balaban J connectivity index is 0.000000921. The highest BCUT2D eigenvalue weighted by Gasteiger charge is 2.09. The summed E-state index contributed by atoms with van der Waals surface area (Å²) in [6, 6.07) is 2.03. The van der Waals surface area contributed by atoms with Crippen LogP contribution in [0.25, 0.3) is 0 Å². The van der Waals surface area contributed by atoms with Gasteiger partial charge in [0.15, 0.2) is 0 Å². The molecule has 0 aliphatic rings.